The maximum Gasteiger partial charge on any atom is 0.243 e. The molecule has 3 atom stereocenters. The molecule has 0 aromatic heterocycles. The van der Waals surface area contributed by atoms with Gasteiger partial charge in [0.1, 0.15) is 0 Å². The SMILES string of the molecule is CC(N)c1ccc(S(=O)(=O)N2CC3CCC(C2)O3)cc1. The van der Waals surface area contributed by atoms with E-state index in [1.807, 2.05) is 6.92 Å². The zero-order valence-electron chi connectivity index (χ0n) is 11.5. The van der Waals surface area contributed by atoms with Crippen molar-refractivity contribution in [3.8, 4) is 0 Å². The van der Waals surface area contributed by atoms with Crippen LogP contribution in [0.15, 0.2) is 29.2 Å². The van der Waals surface area contributed by atoms with Crippen LogP contribution in [0.25, 0.3) is 0 Å². The van der Waals surface area contributed by atoms with Crippen molar-refractivity contribution < 1.29 is 13.2 Å². The largest absolute Gasteiger partial charge is 0.372 e. The molecule has 2 saturated heterocycles. The Hall–Kier alpha value is -0.950. The van der Waals surface area contributed by atoms with Crippen molar-refractivity contribution in [1.82, 2.24) is 4.31 Å². The van der Waals surface area contributed by atoms with Crippen molar-refractivity contribution >= 4 is 10.0 Å². The van der Waals surface area contributed by atoms with Gasteiger partial charge in [-0.25, -0.2) is 8.42 Å². The number of nitrogens with two attached hydrogens (primary N) is 1. The van der Waals surface area contributed by atoms with Crippen molar-refractivity contribution in [1.29, 1.82) is 0 Å². The summed E-state index contributed by atoms with van der Waals surface area (Å²) in [5.41, 5.74) is 6.72. The first-order valence-corrected chi connectivity index (χ1v) is 8.42. The second kappa shape index (κ2) is 5.11. The lowest BCUT2D eigenvalue weighted by atomic mass is 10.1. The Morgan fingerprint density at radius 1 is 1.20 bits per heavy atom. The number of morpholine rings is 1. The Kier molecular flexibility index (Phi) is 3.58. The highest BCUT2D eigenvalue weighted by Crippen LogP contribution is 2.30. The third kappa shape index (κ3) is 2.48. The van der Waals surface area contributed by atoms with Gasteiger partial charge in [0.15, 0.2) is 0 Å². The lowest BCUT2D eigenvalue weighted by Gasteiger charge is -2.31. The van der Waals surface area contributed by atoms with Gasteiger partial charge in [0, 0.05) is 19.1 Å². The molecular weight excluding hydrogens is 276 g/mol. The maximum absolute atomic E-state index is 12.6. The Bertz CT molecular complexity index is 571. The molecule has 5 nitrogen and oxygen atoms in total. The van der Waals surface area contributed by atoms with Crippen LogP contribution in [0, 0.1) is 0 Å². The molecule has 0 saturated carbocycles. The Balaban J connectivity index is 1.84. The van der Waals surface area contributed by atoms with Crippen LogP contribution in [0.3, 0.4) is 0 Å². The number of ether oxygens (including phenoxy) is 1. The molecule has 2 fully saturated rings. The fourth-order valence-corrected chi connectivity index (χ4v) is 4.37. The summed E-state index contributed by atoms with van der Waals surface area (Å²) in [6.07, 6.45) is 2.04. The number of hydrogen-bond acceptors (Lipinski definition) is 4. The fraction of sp³-hybridized carbons (Fsp3) is 0.571. The van der Waals surface area contributed by atoms with Crippen molar-refractivity contribution in [2.45, 2.75) is 42.9 Å². The van der Waals surface area contributed by atoms with Gasteiger partial charge in [0.25, 0.3) is 0 Å². The molecule has 0 aliphatic carbocycles. The fourth-order valence-electron chi connectivity index (χ4n) is 2.87. The number of rotatable bonds is 3. The first kappa shape index (κ1) is 14.0. The summed E-state index contributed by atoms with van der Waals surface area (Å²) in [5, 5.41) is 0. The van der Waals surface area contributed by atoms with Crippen LogP contribution in [0.5, 0.6) is 0 Å². The van der Waals surface area contributed by atoms with Crippen LogP contribution in [0.4, 0.5) is 0 Å². The van der Waals surface area contributed by atoms with E-state index in [0.29, 0.717) is 18.0 Å². The second-order valence-corrected chi connectivity index (χ2v) is 7.58. The van der Waals surface area contributed by atoms with E-state index in [-0.39, 0.29) is 18.2 Å². The summed E-state index contributed by atoms with van der Waals surface area (Å²) >= 11 is 0. The minimum atomic E-state index is -3.42. The number of sulfonamides is 1. The highest BCUT2D eigenvalue weighted by atomic mass is 32.2. The van der Waals surface area contributed by atoms with Crippen LogP contribution < -0.4 is 5.73 Å². The molecule has 2 aliphatic heterocycles. The molecule has 2 aliphatic rings. The van der Waals surface area contributed by atoms with E-state index in [2.05, 4.69) is 0 Å². The van der Waals surface area contributed by atoms with Gasteiger partial charge in [0.05, 0.1) is 17.1 Å². The summed E-state index contributed by atoms with van der Waals surface area (Å²) in [7, 11) is -3.42. The smallest absolute Gasteiger partial charge is 0.243 e. The summed E-state index contributed by atoms with van der Waals surface area (Å²) in [6.45, 7) is 2.81. The highest BCUT2D eigenvalue weighted by Gasteiger charge is 2.39. The van der Waals surface area contributed by atoms with Crippen LogP contribution >= 0.6 is 0 Å². The van der Waals surface area contributed by atoms with Gasteiger partial charge >= 0.3 is 0 Å². The van der Waals surface area contributed by atoms with E-state index in [0.717, 1.165) is 18.4 Å². The monoisotopic (exact) mass is 296 g/mol. The first-order chi connectivity index (χ1) is 9.46. The second-order valence-electron chi connectivity index (χ2n) is 5.64. The molecule has 2 heterocycles. The lowest BCUT2D eigenvalue weighted by Crippen LogP contribution is -2.45. The van der Waals surface area contributed by atoms with Gasteiger partial charge in [0.2, 0.25) is 10.0 Å². The average Bonchev–Trinajstić information content (AvgIpc) is 2.77. The summed E-state index contributed by atoms with van der Waals surface area (Å²) in [4.78, 5) is 0.336. The average molecular weight is 296 g/mol. The molecule has 3 rings (SSSR count). The molecular formula is C14H20N2O3S. The van der Waals surface area contributed by atoms with Crippen molar-refractivity contribution in [2.24, 2.45) is 5.73 Å². The zero-order valence-corrected chi connectivity index (χ0v) is 12.3. The summed E-state index contributed by atoms with van der Waals surface area (Å²) < 4.78 is 32.5. The molecule has 1 aromatic rings. The van der Waals surface area contributed by atoms with Gasteiger partial charge in [-0.05, 0) is 37.5 Å². The van der Waals surface area contributed by atoms with Crippen LogP contribution in [-0.2, 0) is 14.8 Å². The first-order valence-electron chi connectivity index (χ1n) is 6.98. The van der Waals surface area contributed by atoms with Gasteiger partial charge in [-0.2, -0.15) is 4.31 Å². The lowest BCUT2D eigenvalue weighted by molar-refractivity contribution is -0.0114. The predicted octanol–water partition coefficient (Wildman–Crippen LogP) is 1.26. The van der Waals surface area contributed by atoms with Crippen LogP contribution in [0.2, 0.25) is 0 Å². The predicted molar refractivity (Wildman–Crippen MR) is 75.7 cm³/mol. The molecule has 2 N–H and O–H groups in total. The minimum absolute atomic E-state index is 0.0619. The Morgan fingerprint density at radius 3 is 2.25 bits per heavy atom. The van der Waals surface area contributed by atoms with E-state index >= 15 is 0 Å². The summed E-state index contributed by atoms with van der Waals surface area (Å²) in [6, 6.07) is 6.77. The molecule has 0 amide bonds. The number of hydrogen-bond donors (Lipinski definition) is 1. The van der Waals surface area contributed by atoms with Gasteiger partial charge < -0.3 is 10.5 Å². The van der Waals surface area contributed by atoms with Crippen molar-refractivity contribution in [3.05, 3.63) is 29.8 Å². The van der Waals surface area contributed by atoms with E-state index in [9.17, 15) is 8.42 Å². The van der Waals surface area contributed by atoms with E-state index < -0.39 is 10.0 Å². The number of nitrogens with zero attached hydrogens (tertiary/aromatic N) is 1. The quantitative estimate of drug-likeness (QED) is 0.911. The molecule has 0 spiro atoms. The van der Waals surface area contributed by atoms with Crippen molar-refractivity contribution in [2.75, 3.05) is 13.1 Å². The minimum Gasteiger partial charge on any atom is -0.372 e. The highest BCUT2D eigenvalue weighted by molar-refractivity contribution is 7.89. The number of benzene rings is 1. The normalized spacial score (nSPS) is 28.5. The number of fused-ring (bicyclic) bond motifs is 2. The molecule has 1 aromatic carbocycles. The summed E-state index contributed by atoms with van der Waals surface area (Å²) in [5.74, 6) is 0. The molecule has 110 valence electrons. The van der Waals surface area contributed by atoms with Gasteiger partial charge in [-0.1, -0.05) is 12.1 Å². The molecule has 20 heavy (non-hydrogen) atoms. The van der Waals surface area contributed by atoms with Crippen LogP contribution in [0.1, 0.15) is 31.4 Å². The molecule has 2 bridgehead atoms. The van der Waals surface area contributed by atoms with Crippen LogP contribution in [-0.4, -0.2) is 38.0 Å². The van der Waals surface area contributed by atoms with Gasteiger partial charge in [-0.15, -0.1) is 0 Å². The maximum atomic E-state index is 12.6. The third-order valence-electron chi connectivity index (χ3n) is 4.05. The zero-order chi connectivity index (χ0) is 14.3. The molecule has 3 unspecified atom stereocenters. The third-order valence-corrected chi connectivity index (χ3v) is 5.90. The molecule has 6 heteroatoms. The Morgan fingerprint density at radius 2 is 1.75 bits per heavy atom. The Labute approximate surface area is 119 Å². The van der Waals surface area contributed by atoms with E-state index in [1.54, 1.807) is 28.6 Å². The van der Waals surface area contributed by atoms with E-state index in [4.69, 9.17) is 10.5 Å². The standard InChI is InChI=1S/C14H20N2O3S/c1-10(15)11-2-6-14(7-3-11)20(17,18)16-8-12-4-5-13(9-16)19-12/h2-3,6-7,10,12-13H,4-5,8-9,15H2,1H3. The van der Waals surface area contributed by atoms with Crippen molar-refractivity contribution in [3.63, 3.8) is 0 Å². The van der Waals surface area contributed by atoms with E-state index in [1.165, 1.54) is 0 Å². The molecule has 0 radical (unpaired) electrons. The van der Waals surface area contributed by atoms with Gasteiger partial charge in [-0.3, -0.25) is 0 Å². The topological polar surface area (TPSA) is 72.6 Å².